The Kier molecular flexibility index (Phi) is 4.67. The molecule has 0 unspecified atom stereocenters. The molecule has 0 bridgehead atoms. The van der Waals surface area contributed by atoms with E-state index in [0.717, 1.165) is 11.3 Å². The van der Waals surface area contributed by atoms with Crippen LogP contribution in [0.4, 0.5) is 5.69 Å². The Morgan fingerprint density at radius 3 is 2.33 bits per heavy atom. The first-order valence-electron chi connectivity index (χ1n) is 5.48. The highest BCUT2D eigenvalue weighted by atomic mass is 35.5. The lowest BCUT2D eigenvalue weighted by molar-refractivity contribution is 1.34. The third-order valence-corrected chi connectivity index (χ3v) is 3.43. The van der Waals surface area contributed by atoms with Crippen molar-refractivity contribution in [1.82, 2.24) is 0 Å². The highest BCUT2D eigenvalue weighted by Crippen LogP contribution is 2.16. The average molecular weight is 277 g/mol. The van der Waals surface area contributed by atoms with Gasteiger partial charge in [-0.1, -0.05) is 41.9 Å². The minimum absolute atomic E-state index is 0.450. The van der Waals surface area contributed by atoms with Gasteiger partial charge in [0.05, 0.1) is 5.69 Å². The summed E-state index contributed by atoms with van der Waals surface area (Å²) in [6, 6.07) is 17.7. The first-order chi connectivity index (χ1) is 8.79. The molecule has 1 N–H and O–H groups in total. The lowest BCUT2D eigenvalue weighted by atomic mass is 10.2. The molecule has 2 nitrogen and oxygen atoms in total. The Balaban J connectivity index is 2.08. The van der Waals surface area contributed by atoms with Crippen LogP contribution in [-0.2, 0) is 0 Å². The molecule has 0 spiro atoms. The van der Waals surface area contributed by atoms with Crippen molar-refractivity contribution >= 4 is 34.2 Å². The number of para-hydroxylation sites is 1. The van der Waals surface area contributed by atoms with Crippen molar-refractivity contribution in [1.29, 1.82) is 0 Å². The van der Waals surface area contributed by atoms with Gasteiger partial charge in [-0.05, 0) is 30.5 Å². The zero-order chi connectivity index (χ0) is 12.8. The van der Waals surface area contributed by atoms with E-state index in [1.165, 1.54) is 4.90 Å². The van der Waals surface area contributed by atoms with Crippen molar-refractivity contribution in [3.63, 3.8) is 0 Å². The summed E-state index contributed by atoms with van der Waals surface area (Å²) in [4.78, 5) is 1.21. The molecule has 4 heteroatoms. The van der Waals surface area contributed by atoms with Gasteiger partial charge in [-0.3, -0.25) is 5.43 Å². The van der Waals surface area contributed by atoms with Gasteiger partial charge in [0.1, 0.15) is 0 Å². The standard InChI is InChI=1S/C14H13ClN2S/c1-18-13-9-7-11(8-10-13)14(15)17-16-12-5-3-2-4-6-12/h2-10,16H,1H3. The van der Waals surface area contributed by atoms with Gasteiger partial charge in [-0.25, -0.2) is 0 Å². The number of benzene rings is 2. The van der Waals surface area contributed by atoms with Gasteiger partial charge in [0.15, 0.2) is 5.17 Å². The summed E-state index contributed by atoms with van der Waals surface area (Å²) in [5.74, 6) is 0. The summed E-state index contributed by atoms with van der Waals surface area (Å²) in [6.45, 7) is 0. The fourth-order valence-corrected chi connectivity index (χ4v) is 2.00. The zero-order valence-corrected chi connectivity index (χ0v) is 11.5. The van der Waals surface area contributed by atoms with E-state index in [-0.39, 0.29) is 0 Å². The van der Waals surface area contributed by atoms with Crippen LogP contribution in [-0.4, -0.2) is 11.4 Å². The maximum Gasteiger partial charge on any atom is 0.156 e. The number of nitrogens with one attached hydrogen (secondary N) is 1. The zero-order valence-electron chi connectivity index (χ0n) is 9.93. The molecule has 0 aliphatic rings. The van der Waals surface area contributed by atoms with Crippen LogP contribution in [0.2, 0.25) is 0 Å². The molecule has 0 saturated heterocycles. The molecule has 0 saturated carbocycles. The number of nitrogens with zero attached hydrogens (tertiary/aromatic N) is 1. The molecule has 0 aromatic heterocycles. The Hall–Kier alpha value is -1.45. The van der Waals surface area contributed by atoms with Crippen molar-refractivity contribution in [2.45, 2.75) is 4.90 Å². The van der Waals surface area contributed by atoms with Crippen molar-refractivity contribution in [3.8, 4) is 0 Å². The minimum Gasteiger partial charge on any atom is -0.277 e. The molecule has 2 aromatic rings. The lowest BCUT2D eigenvalue weighted by Crippen LogP contribution is -1.96. The molecular weight excluding hydrogens is 264 g/mol. The van der Waals surface area contributed by atoms with E-state index in [1.807, 2.05) is 60.9 Å². The van der Waals surface area contributed by atoms with Crippen molar-refractivity contribution in [2.75, 3.05) is 11.7 Å². The average Bonchev–Trinajstić information content (AvgIpc) is 2.46. The normalized spacial score (nSPS) is 11.3. The van der Waals surface area contributed by atoms with Crippen LogP contribution in [0.5, 0.6) is 0 Å². The van der Waals surface area contributed by atoms with Crippen molar-refractivity contribution < 1.29 is 0 Å². The molecule has 0 aliphatic heterocycles. The van der Waals surface area contributed by atoms with Gasteiger partial charge in [0.25, 0.3) is 0 Å². The number of halogens is 1. The molecule has 0 amide bonds. The third kappa shape index (κ3) is 3.52. The van der Waals surface area contributed by atoms with E-state index in [0.29, 0.717) is 5.17 Å². The fourth-order valence-electron chi connectivity index (χ4n) is 1.42. The second kappa shape index (κ2) is 6.47. The van der Waals surface area contributed by atoms with Gasteiger partial charge in [-0.15, -0.1) is 11.8 Å². The molecule has 2 aromatic carbocycles. The number of thioether (sulfide) groups is 1. The van der Waals surface area contributed by atoms with E-state index in [9.17, 15) is 0 Å². The predicted octanol–water partition coefficient (Wildman–Crippen LogP) is 4.42. The number of hydrogen-bond donors (Lipinski definition) is 1. The Morgan fingerprint density at radius 1 is 1.06 bits per heavy atom. The first kappa shape index (κ1) is 13.0. The second-order valence-electron chi connectivity index (χ2n) is 3.61. The van der Waals surface area contributed by atoms with E-state index < -0.39 is 0 Å². The lowest BCUT2D eigenvalue weighted by Gasteiger charge is -2.02. The van der Waals surface area contributed by atoms with Crippen LogP contribution < -0.4 is 5.43 Å². The van der Waals surface area contributed by atoms with Gasteiger partial charge in [0.2, 0.25) is 0 Å². The number of rotatable bonds is 4. The summed E-state index contributed by atoms with van der Waals surface area (Å²) in [5, 5.41) is 4.60. The molecule has 2 rings (SSSR count). The molecule has 0 radical (unpaired) electrons. The Bertz CT molecular complexity index is 523. The Labute approximate surface area is 116 Å². The van der Waals surface area contributed by atoms with Crippen molar-refractivity contribution in [2.24, 2.45) is 5.10 Å². The molecule has 0 aliphatic carbocycles. The Morgan fingerprint density at radius 2 is 1.72 bits per heavy atom. The first-order valence-corrected chi connectivity index (χ1v) is 7.08. The summed E-state index contributed by atoms with van der Waals surface area (Å²) in [5.41, 5.74) is 4.74. The van der Waals surface area contributed by atoms with Crippen LogP contribution in [0.1, 0.15) is 5.56 Å². The van der Waals surface area contributed by atoms with Gasteiger partial charge >= 0.3 is 0 Å². The summed E-state index contributed by atoms with van der Waals surface area (Å²) >= 11 is 7.83. The predicted molar refractivity (Wildman–Crippen MR) is 80.7 cm³/mol. The SMILES string of the molecule is CSc1ccc(C(Cl)=NNc2ccccc2)cc1. The quantitative estimate of drug-likeness (QED) is 0.508. The van der Waals surface area contributed by atoms with Crippen LogP contribution in [0.25, 0.3) is 0 Å². The third-order valence-electron chi connectivity index (χ3n) is 2.39. The maximum absolute atomic E-state index is 6.13. The summed E-state index contributed by atoms with van der Waals surface area (Å²) in [7, 11) is 0. The summed E-state index contributed by atoms with van der Waals surface area (Å²) in [6.07, 6.45) is 2.04. The van der Waals surface area contributed by atoms with Crippen molar-refractivity contribution in [3.05, 3.63) is 60.2 Å². The fraction of sp³-hybridized carbons (Fsp3) is 0.0714. The molecule has 18 heavy (non-hydrogen) atoms. The molecule has 92 valence electrons. The molecular formula is C14H13ClN2S. The highest BCUT2D eigenvalue weighted by molar-refractivity contribution is 7.98. The topological polar surface area (TPSA) is 24.4 Å². The number of hydrogen-bond acceptors (Lipinski definition) is 3. The van der Waals surface area contributed by atoms with E-state index in [1.54, 1.807) is 11.8 Å². The minimum atomic E-state index is 0.450. The van der Waals surface area contributed by atoms with Crippen LogP contribution >= 0.6 is 23.4 Å². The van der Waals surface area contributed by atoms with E-state index >= 15 is 0 Å². The van der Waals surface area contributed by atoms with E-state index in [2.05, 4.69) is 10.5 Å². The van der Waals surface area contributed by atoms with Crippen LogP contribution in [0.3, 0.4) is 0 Å². The smallest absolute Gasteiger partial charge is 0.156 e. The summed E-state index contributed by atoms with van der Waals surface area (Å²) < 4.78 is 0. The second-order valence-corrected chi connectivity index (χ2v) is 4.85. The highest BCUT2D eigenvalue weighted by Gasteiger charge is 1.99. The monoisotopic (exact) mass is 276 g/mol. The largest absolute Gasteiger partial charge is 0.277 e. The molecule has 0 atom stereocenters. The van der Waals surface area contributed by atoms with Crippen LogP contribution in [0.15, 0.2) is 64.6 Å². The molecule has 0 heterocycles. The van der Waals surface area contributed by atoms with Gasteiger partial charge in [-0.2, -0.15) is 5.10 Å². The van der Waals surface area contributed by atoms with E-state index in [4.69, 9.17) is 11.6 Å². The number of anilines is 1. The maximum atomic E-state index is 6.13. The van der Waals surface area contributed by atoms with Gasteiger partial charge < -0.3 is 0 Å². The van der Waals surface area contributed by atoms with Crippen LogP contribution in [0, 0.1) is 0 Å². The van der Waals surface area contributed by atoms with Gasteiger partial charge in [0, 0.05) is 10.5 Å². The number of hydrazone groups is 1. The molecule has 0 fully saturated rings.